The van der Waals surface area contributed by atoms with Gasteiger partial charge in [-0.05, 0) is 73.0 Å². The Morgan fingerprint density at radius 2 is 2.10 bits per heavy atom. The van der Waals surface area contributed by atoms with Crippen molar-refractivity contribution in [2.75, 3.05) is 26.2 Å². The third-order valence-electron chi connectivity index (χ3n) is 4.57. The van der Waals surface area contributed by atoms with Gasteiger partial charge in [-0.2, -0.15) is 11.3 Å². The SMILES string of the molecule is CCN(C/C=C/C#CC(C)(C)C)CCNC(=O)C(N)c1cccc(-c2ccsc2)c1. The standard InChI is InChI=1S/C25H33N3OS/c1-5-28(15-8-6-7-13-25(2,3)4)16-14-27-24(29)23(26)21-11-9-10-20(18-21)22-12-17-30-19-22/h6,8-12,17-19,23H,5,14-16,26H2,1-4H3,(H,27,29)/b8-6+. The zero-order chi connectivity index (χ0) is 22.0. The normalized spacial score (nSPS) is 12.6. The smallest absolute Gasteiger partial charge is 0.241 e. The number of benzene rings is 1. The molecule has 1 unspecified atom stereocenters. The van der Waals surface area contributed by atoms with E-state index >= 15 is 0 Å². The molecule has 0 radical (unpaired) electrons. The molecule has 1 aromatic carbocycles. The number of likely N-dealkylation sites (N-methyl/N-ethyl adjacent to an activating group) is 1. The summed E-state index contributed by atoms with van der Waals surface area (Å²) in [5.74, 6) is 6.12. The molecule has 30 heavy (non-hydrogen) atoms. The van der Waals surface area contributed by atoms with Crippen molar-refractivity contribution in [1.82, 2.24) is 10.2 Å². The molecule has 0 saturated heterocycles. The van der Waals surface area contributed by atoms with Gasteiger partial charge < -0.3 is 11.1 Å². The minimum absolute atomic E-state index is 0.0149. The highest BCUT2D eigenvalue weighted by atomic mass is 32.1. The van der Waals surface area contributed by atoms with Gasteiger partial charge in [0.05, 0.1) is 0 Å². The van der Waals surface area contributed by atoms with E-state index in [2.05, 4.69) is 67.3 Å². The van der Waals surface area contributed by atoms with Crippen LogP contribution in [0.15, 0.2) is 53.2 Å². The first-order chi connectivity index (χ1) is 14.3. The third-order valence-corrected chi connectivity index (χ3v) is 5.25. The highest BCUT2D eigenvalue weighted by molar-refractivity contribution is 7.08. The Balaban J connectivity index is 1.82. The molecule has 1 amide bonds. The van der Waals surface area contributed by atoms with Crippen LogP contribution in [0.1, 0.15) is 39.3 Å². The second-order valence-electron chi connectivity index (χ2n) is 8.22. The number of carbonyl (C=O) groups excluding carboxylic acids is 1. The average molecular weight is 424 g/mol. The van der Waals surface area contributed by atoms with Gasteiger partial charge in [0.1, 0.15) is 6.04 Å². The number of thiophene rings is 1. The van der Waals surface area contributed by atoms with Crippen molar-refractivity contribution < 1.29 is 4.79 Å². The highest BCUT2D eigenvalue weighted by Gasteiger charge is 2.16. The number of hydrogen-bond acceptors (Lipinski definition) is 4. The van der Waals surface area contributed by atoms with E-state index in [0.29, 0.717) is 6.54 Å². The number of hydrogen-bond donors (Lipinski definition) is 2. The van der Waals surface area contributed by atoms with Crippen molar-refractivity contribution in [1.29, 1.82) is 0 Å². The summed E-state index contributed by atoms with van der Waals surface area (Å²) in [7, 11) is 0. The highest BCUT2D eigenvalue weighted by Crippen LogP contribution is 2.24. The van der Waals surface area contributed by atoms with E-state index in [1.54, 1.807) is 11.3 Å². The lowest BCUT2D eigenvalue weighted by atomic mass is 9.98. The van der Waals surface area contributed by atoms with Crippen LogP contribution in [-0.2, 0) is 4.79 Å². The molecule has 0 aliphatic heterocycles. The van der Waals surface area contributed by atoms with Crippen molar-refractivity contribution in [3.05, 3.63) is 58.8 Å². The first-order valence-electron chi connectivity index (χ1n) is 10.4. The number of amides is 1. The van der Waals surface area contributed by atoms with Crippen LogP contribution >= 0.6 is 11.3 Å². The summed E-state index contributed by atoms with van der Waals surface area (Å²) in [6.07, 6.45) is 3.97. The van der Waals surface area contributed by atoms with Gasteiger partial charge in [-0.1, -0.05) is 43.0 Å². The summed E-state index contributed by atoms with van der Waals surface area (Å²) in [6, 6.07) is 9.28. The molecule has 3 N–H and O–H groups in total. The average Bonchev–Trinajstić information content (AvgIpc) is 3.25. The van der Waals surface area contributed by atoms with Gasteiger partial charge in [-0.15, -0.1) is 0 Å². The summed E-state index contributed by atoms with van der Waals surface area (Å²) in [5, 5.41) is 7.10. The minimum atomic E-state index is -0.675. The molecule has 2 aromatic rings. The molecule has 0 spiro atoms. The Morgan fingerprint density at radius 1 is 1.30 bits per heavy atom. The van der Waals surface area contributed by atoms with Crippen molar-refractivity contribution in [3.8, 4) is 23.0 Å². The van der Waals surface area contributed by atoms with Crippen molar-refractivity contribution in [2.45, 2.75) is 33.7 Å². The molecule has 0 fully saturated rings. The summed E-state index contributed by atoms with van der Waals surface area (Å²) in [4.78, 5) is 14.8. The maximum Gasteiger partial charge on any atom is 0.241 e. The molecule has 5 heteroatoms. The van der Waals surface area contributed by atoms with Crippen LogP contribution < -0.4 is 11.1 Å². The maximum absolute atomic E-state index is 12.5. The maximum atomic E-state index is 12.5. The van der Waals surface area contributed by atoms with Gasteiger partial charge in [-0.25, -0.2) is 0 Å². The molecule has 0 saturated carbocycles. The second-order valence-corrected chi connectivity index (χ2v) is 9.00. The van der Waals surface area contributed by atoms with Crippen molar-refractivity contribution in [2.24, 2.45) is 11.1 Å². The minimum Gasteiger partial charge on any atom is -0.353 e. The first kappa shape index (κ1) is 23.9. The Labute approximate surface area is 185 Å². The van der Waals surface area contributed by atoms with E-state index in [1.807, 2.05) is 35.7 Å². The van der Waals surface area contributed by atoms with Gasteiger partial charge >= 0.3 is 0 Å². The lowest BCUT2D eigenvalue weighted by molar-refractivity contribution is -0.122. The lowest BCUT2D eigenvalue weighted by Gasteiger charge is -2.19. The summed E-state index contributed by atoms with van der Waals surface area (Å²) >= 11 is 1.65. The molecule has 1 heterocycles. The summed E-state index contributed by atoms with van der Waals surface area (Å²) < 4.78 is 0. The molecule has 1 aromatic heterocycles. The fourth-order valence-electron chi connectivity index (χ4n) is 2.84. The summed E-state index contributed by atoms with van der Waals surface area (Å²) in [5.41, 5.74) is 9.27. The van der Waals surface area contributed by atoms with Crippen LogP contribution in [0.2, 0.25) is 0 Å². The van der Waals surface area contributed by atoms with Crippen LogP contribution in [0.5, 0.6) is 0 Å². The Hall–Kier alpha value is -2.39. The number of carbonyl (C=O) groups is 1. The van der Waals surface area contributed by atoms with Gasteiger partial charge in [0.2, 0.25) is 5.91 Å². The van der Waals surface area contributed by atoms with E-state index in [1.165, 1.54) is 0 Å². The second kappa shape index (κ2) is 11.7. The molecule has 1 atom stereocenters. The lowest BCUT2D eigenvalue weighted by Crippen LogP contribution is -2.39. The van der Waals surface area contributed by atoms with Crippen LogP contribution in [0.4, 0.5) is 0 Å². The molecule has 2 rings (SSSR count). The van der Waals surface area contributed by atoms with Crippen LogP contribution in [-0.4, -0.2) is 37.0 Å². The number of nitrogens with zero attached hydrogens (tertiary/aromatic N) is 1. The third kappa shape index (κ3) is 8.16. The van der Waals surface area contributed by atoms with Gasteiger partial charge in [0.25, 0.3) is 0 Å². The van der Waals surface area contributed by atoms with E-state index in [0.717, 1.165) is 36.3 Å². The van der Waals surface area contributed by atoms with E-state index in [-0.39, 0.29) is 11.3 Å². The zero-order valence-electron chi connectivity index (χ0n) is 18.4. The number of allylic oxidation sites excluding steroid dienone is 1. The van der Waals surface area contributed by atoms with Crippen LogP contribution in [0, 0.1) is 17.3 Å². The fourth-order valence-corrected chi connectivity index (χ4v) is 3.50. The summed E-state index contributed by atoms with van der Waals surface area (Å²) in [6.45, 7) is 11.4. The van der Waals surface area contributed by atoms with Crippen molar-refractivity contribution >= 4 is 17.2 Å². The molecule has 160 valence electrons. The van der Waals surface area contributed by atoms with Crippen LogP contribution in [0.25, 0.3) is 11.1 Å². The topological polar surface area (TPSA) is 58.4 Å². The number of rotatable bonds is 9. The van der Waals surface area contributed by atoms with Gasteiger partial charge in [0, 0.05) is 25.0 Å². The Bertz CT molecular complexity index is 885. The van der Waals surface area contributed by atoms with E-state index < -0.39 is 6.04 Å². The van der Waals surface area contributed by atoms with Crippen LogP contribution in [0.3, 0.4) is 0 Å². The number of nitrogens with one attached hydrogen (secondary N) is 1. The Kier molecular flexibility index (Phi) is 9.32. The van der Waals surface area contributed by atoms with E-state index in [9.17, 15) is 4.79 Å². The first-order valence-corrected chi connectivity index (χ1v) is 11.3. The quantitative estimate of drug-likeness (QED) is 0.586. The van der Waals surface area contributed by atoms with E-state index in [4.69, 9.17) is 5.73 Å². The predicted molar refractivity (Wildman–Crippen MR) is 128 cm³/mol. The van der Waals surface area contributed by atoms with Crippen molar-refractivity contribution in [3.63, 3.8) is 0 Å². The molecule has 0 aliphatic rings. The largest absolute Gasteiger partial charge is 0.353 e. The van der Waals surface area contributed by atoms with Gasteiger partial charge in [-0.3, -0.25) is 9.69 Å². The molecule has 0 aliphatic carbocycles. The molecule has 0 bridgehead atoms. The predicted octanol–water partition coefficient (Wildman–Crippen LogP) is 4.46. The zero-order valence-corrected chi connectivity index (χ0v) is 19.3. The monoisotopic (exact) mass is 423 g/mol. The Morgan fingerprint density at radius 3 is 2.77 bits per heavy atom. The number of nitrogens with two attached hydrogens (primary N) is 1. The molecular weight excluding hydrogens is 390 g/mol. The fraction of sp³-hybridized carbons (Fsp3) is 0.400. The molecular formula is C25H33N3OS. The van der Waals surface area contributed by atoms with Gasteiger partial charge in [0.15, 0.2) is 0 Å². The molecule has 4 nitrogen and oxygen atoms in total.